The molecule has 0 amide bonds. The molecular weight excluding hydrogens is 222 g/mol. The number of nitrogens with one attached hydrogen (secondary N) is 1. The van der Waals surface area contributed by atoms with E-state index in [0.717, 1.165) is 12.1 Å². The zero-order valence-corrected chi connectivity index (χ0v) is 10.4. The highest BCUT2D eigenvalue weighted by molar-refractivity contribution is 7.91. The van der Waals surface area contributed by atoms with Crippen LogP contribution >= 0.6 is 0 Å². The van der Waals surface area contributed by atoms with Crippen LogP contribution in [0.1, 0.15) is 18.4 Å². The van der Waals surface area contributed by atoms with Gasteiger partial charge in [-0.2, -0.15) is 0 Å². The second-order valence-corrected chi connectivity index (χ2v) is 6.46. The summed E-state index contributed by atoms with van der Waals surface area (Å²) in [4.78, 5) is 0.531. The summed E-state index contributed by atoms with van der Waals surface area (Å²) in [6.45, 7) is 2.94. The van der Waals surface area contributed by atoms with Crippen LogP contribution in [-0.2, 0) is 9.84 Å². The largest absolute Gasteiger partial charge is 0.319 e. The minimum Gasteiger partial charge on any atom is -0.319 e. The Morgan fingerprint density at radius 2 is 2.12 bits per heavy atom. The maximum absolute atomic E-state index is 12.0. The monoisotopic (exact) mass is 239 g/mol. The molecule has 1 N–H and O–H groups in total. The van der Waals surface area contributed by atoms with Gasteiger partial charge < -0.3 is 5.32 Å². The third kappa shape index (κ3) is 1.87. The molecule has 1 aliphatic heterocycles. The molecule has 1 aliphatic rings. The quantitative estimate of drug-likeness (QED) is 0.867. The van der Waals surface area contributed by atoms with Crippen molar-refractivity contribution in [2.24, 2.45) is 5.92 Å². The van der Waals surface area contributed by atoms with Crippen LogP contribution < -0.4 is 5.32 Å². The van der Waals surface area contributed by atoms with Crippen LogP contribution in [-0.4, -0.2) is 27.8 Å². The first-order valence-electron chi connectivity index (χ1n) is 5.52. The van der Waals surface area contributed by atoms with E-state index in [0.29, 0.717) is 10.8 Å². The summed E-state index contributed by atoms with van der Waals surface area (Å²) < 4.78 is 23.9. The van der Waals surface area contributed by atoms with Gasteiger partial charge in [0.15, 0.2) is 9.84 Å². The minimum atomic E-state index is -3.05. The van der Waals surface area contributed by atoms with Crippen molar-refractivity contribution in [1.29, 1.82) is 0 Å². The molecule has 0 aliphatic carbocycles. The Labute approximate surface area is 96.8 Å². The molecule has 2 atom stereocenters. The fourth-order valence-electron chi connectivity index (χ4n) is 2.42. The van der Waals surface area contributed by atoms with E-state index in [1.807, 2.05) is 19.2 Å². The molecule has 88 valence electrons. The van der Waals surface area contributed by atoms with Gasteiger partial charge in [0, 0.05) is 5.92 Å². The Hall–Kier alpha value is -0.870. The van der Waals surface area contributed by atoms with E-state index < -0.39 is 9.84 Å². The predicted octanol–water partition coefficient (Wildman–Crippen LogP) is 1.41. The maximum Gasteiger partial charge on any atom is 0.179 e. The van der Waals surface area contributed by atoms with Gasteiger partial charge in [-0.1, -0.05) is 25.1 Å². The van der Waals surface area contributed by atoms with E-state index in [1.54, 1.807) is 12.1 Å². The van der Waals surface area contributed by atoms with Crippen molar-refractivity contribution in [3.05, 3.63) is 29.8 Å². The molecule has 0 aromatic heterocycles. The second kappa shape index (κ2) is 4.18. The summed E-state index contributed by atoms with van der Waals surface area (Å²) >= 11 is 0. The summed E-state index contributed by atoms with van der Waals surface area (Å²) in [5, 5.41) is 3.11. The zero-order chi connectivity index (χ0) is 11.8. The lowest BCUT2D eigenvalue weighted by Crippen LogP contribution is -2.23. The van der Waals surface area contributed by atoms with Crippen molar-refractivity contribution >= 4 is 9.84 Å². The van der Waals surface area contributed by atoms with E-state index in [2.05, 4.69) is 12.2 Å². The number of benzene rings is 1. The third-order valence-corrected chi connectivity index (χ3v) is 5.11. The number of rotatable bonds is 3. The van der Waals surface area contributed by atoms with Crippen molar-refractivity contribution in [3.8, 4) is 0 Å². The molecular formula is C12H17NO2S. The fraction of sp³-hybridized carbons (Fsp3) is 0.500. The summed E-state index contributed by atoms with van der Waals surface area (Å²) in [5.41, 5.74) is 0.991. The zero-order valence-electron chi connectivity index (χ0n) is 9.60. The lowest BCUT2D eigenvalue weighted by molar-refractivity contribution is 0.469. The summed E-state index contributed by atoms with van der Waals surface area (Å²) in [6.07, 6.45) is 0. The minimum absolute atomic E-state index is 0.133. The number of fused-ring (bicyclic) bond motifs is 1. The first-order valence-corrected chi connectivity index (χ1v) is 7.18. The highest BCUT2D eigenvalue weighted by Crippen LogP contribution is 2.38. The van der Waals surface area contributed by atoms with Crippen molar-refractivity contribution in [3.63, 3.8) is 0 Å². The predicted molar refractivity (Wildman–Crippen MR) is 64.3 cm³/mol. The van der Waals surface area contributed by atoms with E-state index in [4.69, 9.17) is 0 Å². The Morgan fingerprint density at radius 3 is 2.81 bits per heavy atom. The molecule has 1 aromatic rings. The van der Waals surface area contributed by atoms with E-state index in [-0.39, 0.29) is 11.7 Å². The van der Waals surface area contributed by atoms with Crippen LogP contribution in [0.2, 0.25) is 0 Å². The molecule has 0 saturated heterocycles. The van der Waals surface area contributed by atoms with Gasteiger partial charge >= 0.3 is 0 Å². The van der Waals surface area contributed by atoms with Crippen molar-refractivity contribution < 1.29 is 8.42 Å². The van der Waals surface area contributed by atoms with Gasteiger partial charge in [0.1, 0.15) is 0 Å². The highest BCUT2D eigenvalue weighted by Gasteiger charge is 2.36. The first kappa shape index (κ1) is 11.6. The SMILES string of the molecule is CNCC(C)C1CS(=O)(=O)c2ccccc21. The van der Waals surface area contributed by atoms with Crippen LogP contribution in [0.4, 0.5) is 0 Å². The van der Waals surface area contributed by atoms with Crippen molar-refractivity contribution in [2.45, 2.75) is 17.7 Å². The van der Waals surface area contributed by atoms with Crippen LogP contribution in [0.25, 0.3) is 0 Å². The summed E-state index contributed by atoms with van der Waals surface area (Å²) in [6, 6.07) is 7.37. The lowest BCUT2D eigenvalue weighted by atomic mass is 9.89. The molecule has 16 heavy (non-hydrogen) atoms. The molecule has 1 aromatic carbocycles. The molecule has 1 heterocycles. The summed E-state index contributed by atoms with van der Waals surface area (Å²) in [5.74, 6) is 0.729. The normalized spacial score (nSPS) is 24.0. The van der Waals surface area contributed by atoms with E-state index in [1.165, 1.54) is 0 Å². The van der Waals surface area contributed by atoms with Gasteiger partial charge in [-0.05, 0) is 31.1 Å². The molecule has 2 unspecified atom stereocenters. The van der Waals surface area contributed by atoms with Crippen LogP contribution in [0.5, 0.6) is 0 Å². The van der Waals surface area contributed by atoms with E-state index >= 15 is 0 Å². The van der Waals surface area contributed by atoms with Crippen LogP contribution in [0.3, 0.4) is 0 Å². The standard InChI is InChI=1S/C12H17NO2S/c1-9(7-13-2)11-8-16(14,15)12-6-4-3-5-10(11)12/h3-6,9,11,13H,7-8H2,1-2H3. The molecule has 4 heteroatoms. The van der Waals surface area contributed by atoms with E-state index in [9.17, 15) is 8.42 Å². The molecule has 0 radical (unpaired) electrons. The number of hydrogen-bond acceptors (Lipinski definition) is 3. The molecule has 0 saturated carbocycles. The van der Waals surface area contributed by atoms with Gasteiger partial charge in [0.05, 0.1) is 10.6 Å². The Kier molecular flexibility index (Phi) is 3.04. The Morgan fingerprint density at radius 1 is 1.44 bits per heavy atom. The average molecular weight is 239 g/mol. The average Bonchev–Trinajstić information content (AvgIpc) is 2.52. The van der Waals surface area contributed by atoms with Gasteiger partial charge in [0.2, 0.25) is 0 Å². The van der Waals surface area contributed by atoms with Gasteiger partial charge in [0.25, 0.3) is 0 Å². The van der Waals surface area contributed by atoms with Gasteiger partial charge in [-0.25, -0.2) is 8.42 Å². The Bertz CT molecular complexity index is 482. The third-order valence-electron chi connectivity index (χ3n) is 3.27. The van der Waals surface area contributed by atoms with Crippen LogP contribution in [0.15, 0.2) is 29.2 Å². The van der Waals surface area contributed by atoms with Crippen molar-refractivity contribution in [1.82, 2.24) is 5.32 Å². The lowest BCUT2D eigenvalue weighted by Gasteiger charge is -2.18. The highest BCUT2D eigenvalue weighted by atomic mass is 32.2. The maximum atomic E-state index is 12.0. The smallest absolute Gasteiger partial charge is 0.179 e. The second-order valence-electron chi connectivity index (χ2n) is 4.46. The molecule has 2 rings (SSSR count). The molecule has 0 fully saturated rings. The topological polar surface area (TPSA) is 46.2 Å². The number of hydrogen-bond donors (Lipinski definition) is 1. The van der Waals surface area contributed by atoms with Crippen molar-refractivity contribution in [2.75, 3.05) is 19.3 Å². The fourth-order valence-corrected chi connectivity index (χ4v) is 4.45. The number of sulfone groups is 1. The Balaban J connectivity index is 2.41. The first-order chi connectivity index (χ1) is 7.56. The summed E-state index contributed by atoms with van der Waals surface area (Å²) in [7, 11) is -1.15. The molecule has 3 nitrogen and oxygen atoms in total. The van der Waals surface area contributed by atoms with Gasteiger partial charge in [-0.3, -0.25) is 0 Å². The molecule has 0 bridgehead atoms. The van der Waals surface area contributed by atoms with Gasteiger partial charge in [-0.15, -0.1) is 0 Å². The van der Waals surface area contributed by atoms with Crippen LogP contribution in [0, 0.1) is 5.92 Å². The molecule has 0 spiro atoms.